The molecular formula is C18H22N4O. The lowest BCUT2D eigenvalue weighted by Crippen LogP contribution is -2.30. The third-order valence-corrected chi connectivity index (χ3v) is 4.21. The summed E-state index contributed by atoms with van der Waals surface area (Å²) in [6.45, 7) is 4.10. The minimum atomic E-state index is -0.219. The lowest BCUT2D eigenvalue weighted by atomic mass is 10.1. The van der Waals surface area contributed by atoms with Crippen molar-refractivity contribution in [1.82, 2.24) is 10.2 Å². The average Bonchev–Trinajstić information content (AvgIpc) is 2.63. The predicted molar refractivity (Wildman–Crippen MR) is 91.9 cm³/mol. The van der Waals surface area contributed by atoms with Crippen molar-refractivity contribution in [1.29, 1.82) is 0 Å². The minimum Gasteiger partial charge on any atom is -0.355 e. The van der Waals surface area contributed by atoms with Crippen LogP contribution in [0.3, 0.4) is 0 Å². The fourth-order valence-electron chi connectivity index (χ4n) is 2.87. The molecular weight excluding hydrogens is 288 g/mol. The van der Waals surface area contributed by atoms with Gasteiger partial charge in [-0.3, -0.25) is 4.79 Å². The van der Waals surface area contributed by atoms with Gasteiger partial charge in [-0.1, -0.05) is 25.1 Å². The number of benzene rings is 1. The van der Waals surface area contributed by atoms with Crippen molar-refractivity contribution in [3.05, 3.63) is 47.7 Å². The Kier molecular flexibility index (Phi) is 4.86. The van der Waals surface area contributed by atoms with E-state index in [-0.39, 0.29) is 5.91 Å². The van der Waals surface area contributed by atoms with E-state index >= 15 is 0 Å². The van der Waals surface area contributed by atoms with E-state index in [1.54, 1.807) is 6.07 Å². The molecule has 0 radical (unpaired) electrons. The van der Waals surface area contributed by atoms with Crippen LogP contribution in [0.15, 0.2) is 36.4 Å². The highest BCUT2D eigenvalue weighted by Crippen LogP contribution is 2.18. The molecule has 1 N–H and O–H groups in total. The van der Waals surface area contributed by atoms with Crippen molar-refractivity contribution >= 4 is 17.4 Å². The summed E-state index contributed by atoms with van der Waals surface area (Å²) in [6.07, 6.45) is 4.53. The number of hydrogen-bond acceptors (Lipinski definition) is 4. The highest BCUT2D eigenvalue weighted by molar-refractivity contribution is 6.03. The van der Waals surface area contributed by atoms with Gasteiger partial charge in [-0.15, -0.1) is 10.2 Å². The molecule has 5 nitrogen and oxygen atoms in total. The van der Waals surface area contributed by atoms with Crippen molar-refractivity contribution in [2.45, 2.75) is 32.6 Å². The average molecular weight is 310 g/mol. The van der Waals surface area contributed by atoms with E-state index in [9.17, 15) is 4.79 Å². The zero-order chi connectivity index (χ0) is 16.1. The SMILES string of the molecule is CCc1ccccc1NC(=O)c1ccc(N2CCCCC2)nn1. The zero-order valence-corrected chi connectivity index (χ0v) is 13.5. The number of hydrogen-bond donors (Lipinski definition) is 1. The van der Waals surface area contributed by atoms with Crippen LogP contribution in [0.5, 0.6) is 0 Å². The van der Waals surface area contributed by atoms with Crippen LogP contribution in [0.25, 0.3) is 0 Å². The van der Waals surface area contributed by atoms with Gasteiger partial charge >= 0.3 is 0 Å². The first-order valence-electron chi connectivity index (χ1n) is 8.26. The maximum absolute atomic E-state index is 12.3. The van der Waals surface area contributed by atoms with E-state index in [0.717, 1.165) is 36.6 Å². The summed E-state index contributed by atoms with van der Waals surface area (Å²) in [5.74, 6) is 0.638. The molecule has 0 unspecified atom stereocenters. The summed E-state index contributed by atoms with van der Waals surface area (Å²) in [5, 5.41) is 11.2. The van der Waals surface area contributed by atoms with Crippen molar-refractivity contribution in [3.8, 4) is 0 Å². The van der Waals surface area contributed by atoms with Gasteiger partial charge in [0, 0.05) is 18.8 Å². The van der Waals surface area contributed by atoms with Crippen LogP contribution in [0.4, 0.5) is 11.5 Å². The van der Waals surface area contributed by atoms with Gasteiger partial charge in [0.1, 0.15) is 0 Å². The largest absolute Gasteiger partial charge is 0.355 e. The number of para-hydroxylation sites is 1. The molecule has 0 bridgehead atoms. The van der Waals surface area contributed by atoms with Crippen LogP contribution < -0.4 is 10.2 Å². The molecule has 120 valence electrons. The van der Waals surface area contributed by atoms with Crippen molar-refractivity contribution < 1.29 is 4.79 Å². The maximum Gasteiger partial charge on any atom is 0.276 e. The number of piperidine rings is 1. The summed E-state index contributed by atoms with van der Waals surface area (Å²) in [6, 6.07) is 11.5. The Morgan fingerprint density at radius 1 is 1.09 bits per heavy atom. The molecule has 23 heavy (non-hydrogen) atoms. The quantitative estimate of drug-likeness (QED) is 0.941. The molecule has 5 heteroatoms. The van der Waals surface area contributed by atoms with Gasteiger partial charge in [0.25, 0.3) is 5.91 Å². The second-order valence-electron chi connectivity index (χ2n) is 5.79. The molecule has 1 aliphatic heterocycles. The Morgan fingerprint density at radius 3 is 2.57 bits per heavy atom. The number of carbonyl (C=O) groups is 1. The number of aromatic nitrogens is 2. The fraction of sp³-hybridized carbons (Fsp3) is 0.389. The summed E-state index contributed by atoms with van der Waals surface area (Å²) in [4.78, 5) is 14.6. The van der Waals surface area contributed by atoms with Crippen LogP contribution in [-0.2, 0) is 6.42 Å². The Bertz CT molecular complexity index is 663. The van der Waals surface area contributed by atoms with Gasteiger partial charge in [-0.25, -0.2) is 0 Å². The highest BCUT2D eigenvalue weighted by Gasteiger charge is 2.15. The first-order valence-corrected chi connectivity index (χ1v) is 8.26. The number of aryl methyl sites for hydroxylation is 1. The molecule has 0 spiro atoms. The molecule has 1 fully saturated rings. The van der Waals surface area contributed by atoms with Gasteiger partial charge in [0.15, 0.2) is 11.5 Å². The number of nitrogens with one attached hydrogen (secondary N) is 1. The number of amides is 1. The number of rotatable bonds is 4. The Morgan fingerprint density at radius 2 is 1.87 bits per heavy atom. The third-order valence-electron chi connectivity index (χ3n) is 4.21. The molecule has 1 aromatic carbocycles. The molecule has 3 rings (SSSR count). The predicted octanol–water partition coefficient (Wildman–Crippen LogP) is 3.28. The highest BCUT2D eigenvalue weighted by atomic mass is 16.1. The summed E-state index contributed by atoms with van der Waals surface area (Å²) < 4.78 is 0. The number of carbonyl (C=O) groups excluding carboxylic acids is 1. The van der Waals surface area contributed by atoms with Gasteiger partial charge in [-0.2, -0.15) is 0 Å². The summed E-state index contributed by atoms with van der Waals surface area (Å²) >= 11 is 0. The van der Waals surface area contributed by atoms with Gasteiger partial charge in [0.05, 0.1) is 0 Å². The maximum atomic E-state index is 12.3. The number of anilines is 2. The Hall–Kier alpha value is -2.43. The smallest absolute Gasteiger partial charge is 0.276 e. The monoisotopic (exact) mass is 310 g/mol. The lowest BCUT2D eigenvalue weighted by molar-refractivity contribution is 0.102. The lowest BCUT2D eigenvalue weighted by Gasteiger charge is -2.27. The first kappa shape index (κ1) is 15.5. The molecule has 0 aliphatic carbocycles. The molecule has 1 aromatic heterocycles. The van der Waals surface area contributed by atoms with Crippen LogP contribution >= 0.6 is 0 Å². The van der Waals surface area contributed by atoms with E-state index in [1.165, 1.54) is 19.3 Å². The molecule has 2 heterocycles. The standard InChI is InChI=1S/C18H22N4O/c1-2-14-8-4-5-9-15(14)19-18(23)16-10-11-17(21-20-16)22-12-6-3-7-13-22/h4-5,8-11H,2-3,6-7,12-13H2,1H3,(H,19,23). The van der Waals surface area contributed by atoms with E-state index in [2.05, 4.69) is 27.3 Å². The van der Waals surface area contributed by atoms with Crippen LogP contribution in [0.2, 0.25) is 0 Å². The van der Waals surface area contributed by atoms with Crippen LogP contribution in [0, 0.1) is 0 Å². The zero-order valence-electron chi connectivity index (χ0n) is 13.5. The summed E-state index contributed by atoms with van der Waals surface area (Å²) in [7, 11) is 0. The second-order valence-corrected chi connectivity index (χ2v) is 5.79. The minimum absolute atomic E-state index is 0.219. The van der Waals surface area contributed by atoms with E-state index in [4.69, 9.17) is 0 Å². The number of nitrogens with zero attached hydrogens (tertiary/aromatic N) is 3. The van der Waals surface area contributed by atoms with Crippen molar-refractivity contribution in [2.75, 3.05) is 23.3 Å². The van der Waals surface area contributed by atoms with Crippen LogP contribution in [-0.4, -0.2) is 29.2 Å². The molecule has 1 amide bonds. The Labute approximate surface area is 136 Å². The molecule has 2 aromatic rings. The molecule has 0 saturated carbocycles. The van der Waals surface area contributed by atoms with Crippen molar-refractivity contribution in [3.63, 3.8) is 0 Å². The van der Waals surface area contributed by atoms with Crippen molar-refractivity contribution in [2.24, 2.45) is 0 Å². The molecule has 1 saturated heterocycles. The first-order chi connectivity index (χ1) is 11.3. The normalized spacial score (nSPS) is 14.6. The van der Waals surface area contributed by atoms with Gasteiger partial charge < -0.3 is 10.2 Å². The molecule has 1 aliphatic rings. The summed E-state index contributed by atoms with van der Waals surface area (Å²) in [5.41, 5.74) is 2.29. The third kappa shape index (κ3) is 3.67. The van der Waals surface area contributed by atoms with E-state index < -0.39 is 0 Å². The van der Waals surface area contributed by atoms with Gasteiger partial charge in [0.2, 0.25) is 0 Å². The van der Waals surface area contributed by atoms with Crippen LogP contribution in [0.1, 0.15) is 42.2 Å². The Balaban J connectivity index is 1.70. The van der Waals surface area contributed by atoms with Gasteiger partial charge in [-0.05, 0) is 49.4 Å². The fourth-order valence-corrected chi connectivity index (χ4v) is 2.87. The van der Waals surface area contributed by atoms with E-state index in [0.29, 0.717) is 5.69 Å². The second kappa shape index (κ2) is 7.22. The molecule has 0 atom stereocenters. The topological polar surface area (TPSA) is 58.1 Å². The van der Waals surface area contributed by atoms with E-state index in [1.807, 2.05) is 30.3 Å².